The number of piperidine rings is 2. The number of amides is 8. The van der Waals surface area contributed by atoms with Crippen molar-refractivity contribution in [3.05, 3.63) is 70.4 Å². The van der Waals surface area contributed by atoms with Gasteiger partial charge in [0.05, 0.1) is 6.04 Å². The summed E-state index contributed by atoms with van der Waals surface area (Å²) >= 11 is 0. The van der Waals surface area contributed by atoms with Gasteiger partial charge in [-0.1, -0.05) is 43.2 Å². The van der Waals surface area contributed by atoms with Crippen LogP contribution in [0, 0.1) is 29.6 Å². The van der Waals surface area contributed by atoms with Gasteiger partial charge in [0.25, 0.3) is 17.7 Å². The quantitative estimate of drug-likeness (QED) is 0.0829. The summed E-state index contributed by atoms with van der Waals surface area (Å²) in [5.74, 6) is -0.694. The molecule has 20 heteroatoms. The minimum absolute atomic E-state index is 0.00343. The molecule has 1 aliphatic carbocycles. The van der Waals surface area contributed by atoms with Crippen molar-refractivity contribution in [1.82, 2.24) is 40.5 Å². The molecular formula is C60H75F2N9O9. The van der Waals surface area contributed by atoms with Gasteiger partial charge >= 0.3 is 0 Å². The first kappa shape index (κ1) is 57.7. The SMILES string of the molecule is CN(C)[C@H]1CC[C@H](NC(=O)c2cc3cc(C(C)(F)F)ccc3[nH]2)C(=O)N2[C@H](CC[C@H]2C(=O)N[C@@H](CCC(N)=O)C(=O)C[C@H](C(=O)N2CCC(CCC#Cc3cccc4c3CN(C3CCC(=O)NC3=O)C4=O)CC2)C2CCCCC2)C1. The number of hydrogen-bond acceptors (Lipinski definition) is 10. The van der Waals surface area contributed by atoms with Crippen LogP contribution in [0.15, 0.2) is 42.5 Å². The Morgan fingerprint density at radius 3 is 2.39 bits per heavy atom. The molecule has 5 aliphatic heterocycles. The van der Waals surface area contributed by atoms with Crippen molar-refractivity contribution < 1.29 is 51.9 Å². The zero-order valence-corrected chi connectivity index (χ0v) is 46.1. The highest BCUT2D eigenvalue weighted by Crippen LogP contribution is 2.37. The summed E-state index contributed by atoms with van der Waals surface area (Å²) in [6.45, 7) is 2.08. The average Bonchev–Trinajstić information content (AvgIpc) is 4.15. The molecule has 0 radical (unpaired) electrons. The molecule has 7 atom stereocenters. The molecule has 8 amide bonds. The van der Waals surface area contributed by atoms with E-state index in [4.69, 9.17) is 5.73 Å². The van der Waals surface area contributed by atoms with E-state index < -0.39 is 65.5 Å². The smallest absolute Gasteiger partial charge is 0.270 e. The van der Waals surface area contributed by atoms with Gasteiger partial charge in [-0.05, 0) is 139 Å². The number of imide groups is 1. The van der Waals surface area contributed by atoms with Crippen LogP contribution in [0.5, 0.6) is 0 Å². The van der Waals surface area contributed by atoms with Crippen molar-refractivity contribution in [2.75, 3.05) is 27.2 Å². The number of alkyl halides is 2. The van der Waals surface area contributed by atoms with Crippen LogP contribution in [0.25, 0.3) is 10.9 Å². The average molecular weight is 1100 g/mol. The number of nitrogens with zero attached hydrogens (tertiary/aromatic N) is 4. The van der Waals surface area contributed by atoms with E-state index in [1.54, 1.807) is 17.0 Å². The zero-order chi connectivity index (χ0) is 57.0. The number of nitrogens with two attached hydrogens (primary N) is 1. The molecule has 1 saturated carbocycles. The molecule has 5 fully saturated rings. The minimum Gasteiger partial charge on any atom is -0.370 e. The number of carbonyl (C=O) groups is 9. The highest BCUT2D eigenvalue weighted by Gasteiger charge is 2.47. The molecule has 1 aromatic heterocycles. The number of likely N-dealkylation sites (tertiary alicyclic amines) is 1. The van der Waals surface area contributed by atoms with E-state index in [2.05, 4.69) is 37.7 Å². The molecule has 6 N–H and O–H groups in total. The topological polar surface area (TPSA) is 244 Å². The third kappa shape index (κ3) is 13.1. The zero-order valence-electron chi connectivity index (χ0n) is 46.1. The second kappa shape index (κ2) is 24.8. The minimum atomic E-state index is -3.09. The Hall–Kier alpha value is -7.01. The third-order valence-corrected chi connectivity index (χ3v) is 17.8. The second-order valence-electron chi connectivity index (χ2n) is 23.4. The van der Waals surface area contributed by atoms with Crippen molar-refractivity contribution in [2.45, 2.75) is 178 Å². The fraction of sp³-hybridized carbons (Fsp3) is 0.583. The van der Waals surface area contributed by atoms with Crippen LogP contribution in [0.1, 0.15) is 166 Å². The Morgan fingerprint density at radius 2 is 1.68 bits per heavy atom. The lowest BCUT2D eigenvalue weighted by atomic mass is 9.76. The maximum Gasteiger partial charge on any atom is 0.270 e. The van der Waals surface area contributed by atoms with Crippen LogP contribution in [-0.4, -0.2) is 141 Å². The van der Waals surface area contributed by atoms with E-state index in [9.17, 15) is 51.9 Å². The Bertz CT molecular complexity index is 2960. The predicted octanol–water partition coefficient (Wildman–Crippen LogP) is 5.59. The van der Waals surface area contributed by atoms with Crippen LogP contribution in [-0.2, 0) is 46.0 Å². The van der Waals surface area contributed by atoms with Gasteiger partial charge in [-0.2, -0.15) is 0 Å². The van der Waals surface area contributed by atoms with Crippen molar-refractivity contribution in [3.8, 4) is 11.8 Å². The van der Waals surface area contributed by atoms with Crippen LogP contribution >= 0.6 is 0 Å². The summed E-state index contributed by atoms with van der Waals surface area (Å²) in [5, 5.41) is 8.55. The summed E-state index contributed by atoms with van der Waals surface area (Å²) in [6, 6.07) is 6.69. The van der Waals surface area contributed by atoms with E-state index in [1.807, 2.05) is 25.1 Å². The molecule has 6 heterocycles. The number of aromatic amines is 1. The largest absolute Gasteiger partial charge is 0.370 e. The molecule has 80 heavy (non-hydrogen) atoms. The summed E-state index contributed by atoms with van der Waals surface area (Å²) in [6.07, 6.45) is 9.65. The normalized spacial score (nSPS) is 23.8. The number of halogens is 2. The monoisotopic (exact) mass is 1100 g/mol. The standard InChI is InChI=1S/C60H75F2N9O9/c1-60(61,62)39-16-19-45-38(30-39)31-48(64-45)54(75)66-47-20-17-40(68(2)3)32-41-18-22-50(71(41)59(47)80)56(77)65-46(21-24-52(63)73)51(72)33-43(36-11-5-4-6-12-36)57(78)69-28-26-35(27-29-69)10-7-8-13-37-14-9-15-42-44(37)34-70(58(42)79)49-23-25-53(74)67-55(49)76/h9,14-16,19,30-31,35-36,40-41,43,46-47,49-50,64H,4-7,10-12,17-18,20-29,32-34H2,1-3H3,(H2,63,73)(H,65,77)(H,66,75)(H,67,74,76)/t40-,41+,43-,46-,47-,49?,50-/m0/s1. The van der Waals surface area contributed by atoms with Crippen molar-refractivity contribution in [2.24, 2.45) is 23.5 Å². The molecule has 1 unspecified atom stereocenters. The highest BCUT2D eigenvalue weighted by molar-refractivity contribution is 6.06. The van der Waals surface area contributed by atoms with E-state index in [-0.39, 0.29) is 97.8 Å². The van der Waals surface area contributed by atoms with E-state index in [0.29, 0.717) is 67.6 Å². The molecule has 2 aromatic carbocycles. The van der Waals surface area contributed by atoms with Gasteiger partial charge in [0.1, 0.15) is 23.8 Å². The van der Waals surface area contributed by atoms with Gasteiger partial charge in [-0.3, -0.25) is 48.5 Å². The van der Waals surface area contributed by atoms with Crippen LogP contribution in [0.3, 0.4) is 0 Å². The van der Waals surface area contributed by atoms with E-state index in [0.717, 1.165) is 69.4 Å². The molecule has 0 spiro atoms. The lowest BCUT2D eigenvalue weighted by Crippen LogP contribution is -2.59. The maximum atomic E-state index is 14.7. The Morgan fingerprint density at radius 1 is 0.912 bits per heavy atom. The number of Topliss-reactive ketones (excluding diaryl/α,β-unsaturated/α-hetero) is 1. The summed E-state index contributed by atoms with van der Waals surface area (Å²) in [7, 11) is 3.88. The first-order valence-electron chi connectivity index (χ1n) is 28.7. The Labute approximate surface area is 465 Å². The van der Waals surface area contributed by atoms with Crippen molar-refractivity contribution >= 4 is 63.9 Å². The highest BCUT2D eigenvalue weighted by atomic mass is 19.3. The molecule has 428 valence electrons. The molecule has 0 bridgehead atoms. The number of primary amides is 1. The number of rotatable bonds is 17. The molecule has 4 saturated heterocycles. The number of aromatic nitrogens is 1. The number of benzene rings is 2. The summed E-state index contributed by atoms with van der Waals surface area (Å²) in [5.41, 5.74) is 7.99. The van der Waals surface area contributed by atoms with Crippen molar-refractivity contribution in [1.29, 1.82) is 0 Å². The Balaban J connectivity index is 0.836. The molecule has 18 nitrogen and oxygen atoms in total. The molecule has 3 aromatic rings. The number of H-pyrrole nitrogens is 1. The number of fused-ring (bicyclic) bond motifs is 3. The fourth-order valence-corrected chi connectivity index (χ4v) is 13.2. The first-order valence-corrected chi connectivity index (χ1v) is 28.7. The van der Waals surface area contributed by atoms with Gasteiger partial charge in [-0.15, -0.1) is 0 Å². The fourth-order valence-electron chi connectivity index (χ4n) is 13.2. The second-order valence-corrected chi connectivity index (χ2v) is 23.4. The number of hydrogen-bond donors (Lipinski definition) is 5. The van der Waals surface area contributed by atoms with Gasteiger partial charge in [0.2, 0.25) is 35.4 Å². The van der Waals surface area contributed by atoms with Crippen LogP contribution < -0.4 is 21.7 Å². The van der Waals surface area contributed by atoms with E-state index >= 15 is 0 Å². The molecule has 6 aliphatic rings. The van der Waals surface area contributed by atoms with Crippen molar-refractivity contribution in [3.63, 3.8) is 0 Å². The van der Waals surface area contributed by atoms with Crippen LogP contribution in [0.4, 0.5) is 8.78 Å². The van der Waals surface area contributed by atoms with Crippen LogP contribution in [0.2, 0.25) is 0 Å². The predicted molar refractivity (Wildman–Crippen MR) is 292 cm³/mol. The lowest BCUT2D eigenvalue weighted by molar-refractivity contribution is -0.144. The first-order chi connectivity index (χ1) is 38.2. The lowest BCUT2D eigenvalue weighted by Gasteiger charge is -2.39. The van der Waals surface area contributed by atoms with E-state index in [1.165, 1.54) is 29.2 Å². The van der Waals surface area contributed by atoms with Gasteiger partial charge < -0.3 is 41.0 Å². The molecule has 9 rings (SSSR count). The Kier molecular flexibility index (Phi) is 17.9. The van der Waals surface area contributed by atoms with Gasteiger partial charge in [0, 0.05) is 97.8 Å². The summed E-state index contributed by atoms with van der Waals surface area (Å²) in [4.78, 5) is 132. The molecular weight excluding hydrogens is 1030 g/mol. The number of ketones is 1. The number of nitrogens with one attached hydrogen (secondary N) is 4. The number of carbonyl (C=O) groups excluding carboxylic acids is 9. The third-order valence-electron chi connectivity index (χ3n) is 17.8. The maximum absolute atomic E-state index is 14.7. The van der Waals surface area contributed by atoms with Gasteiger partial charge in [0.15, 0.2) is 5.78 Å². The van der Waals surface area contributed by atoms with Gasteiger partial charge in [-0.25, -0.2) is 8.78 Å². The summed E-state index contributed by atoms with van der Waals surface area (Å²) < 4.78 is 28.3.